The van der Waals surface area contributed by atoms with Gasteiger partial charge in [-0.3, -0.25) is 15.1 Å². The number of aromatic nitrogens is 1. The van der Waals surface area contributed by atoms with Crippen molar-refractivity contribution in [2.24, 2.45) is 5.73 Å². The van der Waals surface area contributed by atoms with Gasteiger partial charge in [-0.05, 0) is 26.0 Å². The normalized spacial score (nSPS) is 11.5. The number of non-ortho nitro benzene ring substituents is 1. The predicted molar refractivity (Wildman–Crippen MR) is 72.2 cm³/mol. The van der Waals surface area contributed by atoms with E-state index in [2.05, 4.69) is 4.98 Å². The Labute approximate surface area is 110 Å². The van der Waals surface area contributed by atoms with Crippen molar-refractivity contribution < 1.29 is 9.66 Å². The van der Waals surface area contributed by atoms with Crippen LogP contribution in [0.25, 0.3) is 10.8 Å². The van der Waals surface area contributed by atoms with Crippen molar-refractivity contribution in [2.45, 2.75) is 19.4 Å². The summed E-state index contributed by atoms with van der Waals surface area (Å²) in [7, 11) is 0. The van der Waals surface area contributed by atoms with Gasteiger partial charge < -0.3 is 10.5 Å². The quantitative estimate of drug-likeness (QED) is 0.673. The second-order valence-corrected chi connectivity index (χ2v) is 5.04. The molecule has 0 aliphatic rings. The summed E-state index contributed by atoms with van der Waals surface area (Å²) in [5.41, 5.74) is 5.40. The maximum atomic E-state index is 11.0. The summed E-state index contributed by atoms with van der Waals surface area (Å²) in [5.74, 6) is 0.571. The van der Waals surface area contributed by atoms with Crippen LogP contribution in [0.3, 0.4) is 0 Å². The van der Waals surface area contributed by atoms with Gasteiger partial charge in [0.25, 0.3) is 5.69 Å². The van der Waals surface area contributed by atoms with E-state index < -0.39 is 10.5 Å². The fraction of sp³-hybridized carbons (Fsp3) is 0.308. The van der Waals surface area contributed by atoms with Crippen molar-refractivity contribution in [1.29, 1.82) is 0 Å². The molecule has 0 aliphatic heterocycles. The lowest BCUT2D eigenvalue weighted by molar-refractivity contribution is -0.383. The molecule has 2 N–H and O–H groups in total. The van der Waals surface area contributed by atoms with Crippen LogP contribution in [-0.2, 0) is 0 Å². The number of ether oxygens (including phenoxy) is 1. The zero-order valence-corrected chi connectivity index (χ0v) is 10.8. The van der Waals surface area contributed by atoms with E-state index in [-0.39, 0.29) is 5.69 Å². The maximum absolute atomic E-state index is 11.0. The van der Waals surface area contributed by atoms with Crippen LogP contribution in [0.5, 0.6) is 5.75 Å². The van der Waals surface area contributed by atoms with E-state index in [0.717, 1.165) is 0 Å². The number of pyridine rings is 1. The third-order valence-corrected chi connectivity index (χ3v) is 2.55. The van der Waals surface area contributed by atoms with Crippen LogP contribution in [0.1, 0.15) is 13.8 Å². The molecule has 1 aromatic carbocycles. The van der Waals surface area contributed by atoms with Gasteiger partial charge in [-0.15, -0.1) is 0 Å². The van der Waals surface area contributed by atoms with Gasteiger partial charge >= 0.3 is 0 Å². The van der Waals surface area contributed by atoms with Gasteiger partial charge in [0, 0.05) is 29.4 Å². The molecule has 1 aromatic heterocycles. The molecule has 0 fully saturated rings. The Morgan fingerprint density at radius 1 is 1.37 bits per heavy atom. The lowest BCUT2D eigenvalue weighted by atomic mass is 10.1. The Morgan fingerprint density at radius 3 is 2.74 bits per heavy atom. The smallest absolute Gasteiger partial charge is 0.279 e. The van der Waals surface area contributed by atoms with Crippen LogP contribution in [0, 0.1) is 10.1 Å². The summed E-state index contributed by atoms with van der Waals surface area (Å²) in [6.45, 7) is 4.02. The third-order valence-electron chi connectivity index (χ3n) is 2.55. The minimum Gasteiger partial charge on any atom is -0.491 e. The largest absolute Gasteiger partial charge is 0.491 e. The topological polar surface area (TPSA) is 91.3 Å². The first-order valence-corrected chi connectivity index (χ1v) is 5.81. The van der Waals surface area contributed by atoms with Crippen molar-refractivity contribution >= 4 is 16.5 Å². The molecule has 2 rings (SSSR count). The highest BCUT2D eigenvalue weighted by atomic mass is 16.6. The molecule has 6 nitrogen and oxygen atoms in total. The Balaban J connectivity index is 2.47. The summed E-state index contributed by atoms with van der Waals surface area (Å²) >= 11 is 0. The molecule has 0 amide bonds. The predicted octanol–water partition coefficient (Wildman–Crippen LogP) is 2.26. The van der Waals surface area contributed by atoms with Gasteiger partial charge in [0.2, 0.25) is 0 Å². The van der Waals surface area contributed by atoms with Crippen molar-refractivity contribution in [3.05, 3.63) is 40.7 Å². The molecule has 19 heavy (non-hydrogen) atoms. The van der Waals surface area contributed by atoms with E-state index in [1.54, 1.807) is 18.3 Å². The lowest BCUT2D eigenvalue weighted by Crippen LogP contribution is -2.38. The van der Waals surface area contributed by atoms with Gasteiger partial charge in [0.1, 0.15) is 12.4 Å². The third kappa shape index (κ3) is 2.97. The first-order valence-electron chi connectivity index (χ1n) is 5.81. The highest BCUT2D eigenvalue weighted by molar-refractivity contribution is 5.94. The van der Waals surface area contributed by atoms with E-state index in [1.807, 2.05) is 13.8 Å². The number of rotatable bonds is 4. The lowest BCUT2D eigenvalue weighted by Gasteiger charge is -2.19. The summed E-state index contributed by atoms with van der Waals surface area (Å²) in [4.78, 5) is 14.5. The minimum atomic E-state index is -0.471. The maximum Gasteiger partial charge on any atom is 0.279 e. The number of nitro benzene ring substituents is 1. The van der Waals surface area contributed by atoms with Gasteiger partial charge in [-0.25, -0.2) is 0 Å². The van der Waals surface area contributed by atoms with Crippen molar-refractivity contribution in [3.8, 4) is 5.75 Å². The van der Waals surface area contributed by atoms with E-state index in [0.29, 0.717) is 23.1 Å². The molecular formula is C13H15N3O3. The van der Waals surface area contributed by atoms with Crippen LogP contribution in [0.4, 0.5) is 5.69 Å². The molecule has 100 valence electrons. The number of nitro groups is 1. The fourth-order valence-electron chi connectivity index (χ4n) is 1.70. The molecule has 0 radical (unpaired) electrons. The van der Waals surface area contributed by atoms with Crippen LogP contribution in [0.2, 0.25) is 0 Å². The number of hydrogen-bond acceptors (Lipinski definition) is 5. The number of fused-ring (bicyclic) bond motifs is 1. The molecule has 2 aromatic rings. The monoisotopic (exact) mass is 261 g/mol. The number of benzene rings is 1. The van der Waals surface area contributed by atoms with Crippen LogP contribution < -0.4 is 10.5 Å². The first kappa shape index (κ1) is 13.2. The Bertz CT molecular complexity index is 620. The van der Waals surface area contributed by atoms with Gasteiger partial charge in [0.15, 0.2) is 0 Å². The van der Waals surface area contributed by atoms with E-state index in [4.69, 9.17) is 10.5 Å². The summed E-state index contributed by atoms with van der Waals surface area (Å²) in [5, 5.41) is 12.1. The highest BCUT2D eigenvalue weighted by Crippen LogP contribution is 2.32. The Morgan fingerprint density at radius 2 is 2.11 bits per heavy atom. The van der Waals surface area contributed by atoms with Crippen LogP contribution in [-0.4, -0.2) is 22.1 Å². The average Bonchev–Trinajstić information content (AvgIpc) is 2.34. The molecule has 0 aliphatic carbocycles. The van der Waals surface area contributed by atoms with Crippen molar-refractivity contribution in [2.75, 3.05) is 6.61 Å². The molecule has 6 heteroatoms. The van der Waals surface area contributed by atoms with Crippen molar-refractivity contribution in [3.63, 3.8) is 0 Å². The first-order chi connectivity index (χ1) is 8.88. The Kier molecular flexibility index (Phi) is 3.35. The van der Waals surface area contributed by atoms with E-state index >= 15 is 0 Å². The van der Waals surface area contributed by atoms with Crippen LogP contribution in [0.15, 0.2) is 30.6 Å². The SMILES string of the molecule is CC(C)(N)COc1ccc([N+](=O)[O-])c2cnccc12. The zero-order valence-electron chi connectivity index (χ0n) is 10.8. The molecule has 0 saturated carbocycles. The van der Waals surface area contributed by atoms with Crippen molar-refractivity contribution in [1.82, 2.24) is 4.98 Å². The molecule has 0 saturated heterocycles. The Hall–Kier alpha value is -2.21. The zero-order chi connectivity index (χ0) is 14.0. The fourth-order valence-corrected chi connectivity index (χ4v) is 1.70. The summed E-state index contributed by atoms with van der Waals surface area (Å²) in [6, 6.07) is 4.70. The van der Waals surface area contributed by atoms with Gasteiger partial charge in [-0.2, -0.15) is 0 Å². The summed E-state index contributed by atoms with van der Waals surface area (Å²) < 4.78 is 5.64. The van der Waals surface area contributed by atoms with Gasteiger partial charge in [0.05, 0.1) is 10.3 Å². The second-order valence-electron chi connectivity index (χ2n) is 5.04. The standard InChI is InChI=1S/C13H15N3O3/c1-13(2,14)8-19-12-4-3-11(16(17)18)10-7-15-6-5-9(10)12/h3-7H,8,14H2,1-2H3. The second kappa shape index (κ2) is 4.81. The number of hydrogen-bond donors (Lipinski definition) is 1. The summed E-state index contributed by atoms with van der Waals surface area (Å²) in [6.07, 6.45) is 3.04. The highest BCUT2D eigenvalue weighted by Gasteiger charge is 2.17. The molecular weight excluding hydrogens is 246 g/mol. The molecule has 0 atom stereocenters. The van der Waals surface area contributed by atoms with E-state index in [9.17, 15) is 10.1 Å². The molecule has 0 spiro atoms. The number of nitrogens with zero attached hydrogens (tertiary/aromatic N) is 2. The van der Waals surface area contributed by atoms with Crippen LogP contribution >= 0.6 is 0 Å². The molecule has 0 bridgehead atoms. The minimum absolute atomic E-state index is 0.0162. The molecule has 1 heterocycles. The molecule has 0 unspecified atom stereocenters. The number of nitrogens with two attached hydrogens (primary N) is 1. The average molecular weight is 261 g/mol. The van der Waals surface area contributed by atoms with E-state index in [1.165, 1.54) is 12.3 Å². The van der Waals surface area contributed by atoms with Gasteiger partial charge in [-0.1, -0.05) is 0 Å².